The van der Waals surface area contributed by atoms with E-state index in [4.69, 9.17) is 9.47 Å². The third-order valence-corrected chi connectivity index (χ3v) is 5.42. The maximum atomic E-state index is 12.8. The van der Waals surface area contributed by atoms with Crippen LogP contribution in [-0.2, 0) is 9.47 Å². The minimum absolute atomic E-state index is 0.202. The zero-order valence-electron chi connectivity index (χ0n) is 15.3. The number of thioether (sulfide) groups is 1. The molecule has 0 aromatic heterocycles. The Kier molecular flexibility index (Phi) is 6.90. The maximum absolute atomic E-state index is 12.8. The Morgan fingerprint density at radius 1 is 1.22 bits per heavy atom. The highest BCUT2D eigenvalue weighted by atomic mass is 32.2. The van der Waals surface area contributed by atoms with Gasteiger partial charge in [0.25, 0.3) is 5.91 Å². The molecule has 1 fully saturated rings. The van der Waals surface area contributed by atoms with Crippen LogP contribution in [0.4, 0.5) is 5.69 Å². The molecule has 5 nitrogen and oxygen atoms in total. The molecular weight excluding hydrogens is 362 g/mol. The molecule has 2 aromatic rings. The number of anilines is 1. The summed E-state index contributed by atoms with van der Waals surface area (Å²) in [6, 6.07) is 14.3. The van der Waals surface area contributed by atoms with Crippen LogP contribution in [0, 0.1) is 0 Å². The van der Waals surface area contributed by atoms with E-state index in [-0.39, 0.29) is 12.0 Å². The van der Waals surface area contributed by atoms with Gasteiger partial charge in [0.2, 0.25) is 0 Å². The van der Waals surface area contributed by atoms with Crippen molar-refractivity contribution in [3.8, 4) is 0 Å². The lowest BCUT2D eigenvalue weighted by Crippen LogP contribution is -2.14. The Morgan fingerprint density at radius 2 is 2.07 bits per heavy atom. The molecular formula is C21H23NO4S. The topological polar surface area (TPSA) is 64.6 Å². The van der Waals surface area contributed by atoms with Crippen molar-refractivity contribution >= 4 is 29.3 Å². The zero-order valence-corrected chi connectivity index (χ0v) is 16.1. The van der Waals surface area contributed by atoms with Crippen LogP contribution in [0.3, 0.4) is 0 Å². The fourth-order valence-electron chi connectivity index (χ4n) is 2.88. The number of nitrogens with one attached hydrogen (secondary N) is 1. The number of carbonyl (C=O) groups excluding carboxylic acids is 2. The van der Waals surface area contributed by atoms with Gasteiger partial charge in [0.1, 0.15) is 0 Å². The second kappa shape index (κ2) is 9.58. The molecule has 2 aromatic carbocycles. The van der Waals surface area contributed by atoms with Crippen LogP contribution in [0.2, 0.25) is 0 Å². The fourth-order valence-corrected chi connectivity index (χ4v) is 3.99. The van der Waals surface area contributed by atoms with Crippen LogP contribution < -0.4 is 5.32 Å². The molecule has 1 amide bonds. The number of amides is 1. The van der Waals surface area contributed by atoms with Crippen molar-refractivity contribution in [1.82, 2.24) is 0 Å². The quantitative estimate of drug-likeness (QED) is 0.566. The molecule has 0 saturated carbocycles. The Bertz CT molecular complexity index is 802. The third-order valence-electron chi connectivity index (χ3n) is 4.21. The van der Waals surface area contributed by atoms with Crippen molar-refractivity contribution in [2.24, 2.45) is 0 Å². The number of carbonyl (C=O) groups is 2. The summed E-state index contributed by atoms with van der Waals surface area (Å²) in [4.78, 5) is 25.6. The molecule has 1 N–H and O–H groups in total. The van der Waals surface area contributed by atoms with Gasteiger partial charge < -0.3 is 14.8 Å². The molecule has 0 radical (unpaired) electrons. The largest absolute Gasteiger partial charge is 0.462 e. The molecule has 0 aliphatic carbocycles. The van der Waals surface area contributed by atoms with E-state index < -0.39 is 5.97 Å². The lowest BCUT2D eigenvalue weighted by Gasteiger charge is -2.13. The predicted octanol–water partition coefficient (Wildman–Crippen LogP) is 4.39. The molecule has 1 aliphatic heterocycles. The van der Waals surface area contributed by atoms with Gasteiger partial charge in [0, 0.05) is 22.9 Å². The Morgan fingerprint density at radius 3 is 2.85 bits per heavy atom. The molecule has 1 unspecified atom stereocenters. The number of hydrogen-bond acceptors (Lipinski definition) is 5. The van der Waals surface area contributed by atoms with Gasteiger partial charge in [-0.05, 0) is 50.1 Å². The van der Waals surface area contributed by atoms with Crippen LogP contribution in [0.1, 0.15) is 40.5 Å². The van der Waals surface area contributed by atoms with Crippen molar-refractivity contribution in [3.63, 3.8) is 0 Å². The minimum Gasteiger partial charge on any atom is -0.462 e. The standard InChI is InChI=1S/C21H23NO4S/c1-2-25-21(24)15-7-5-8-16(13-15)22-20(23)18-10-3-4-11-19(18)27-14-17-9-6-12-26-17/h3-5,7-8,10-11,13,17H,2,6,9,12,14H2,1H3,(H,22,23). The first-order valence-corrected chi connectivity index (χ1v) is 10.1. The van der Waals surface area contributed by atoms with E-state index in [0.29, 0.717) is 23.4 Å². The number of esters is 1. The lowest BCUT2D eigenvalue weighted by atomic mass is 10.1. The molecule has 142 valence electrons. The summed E-state index contributed by atoms with van der Waals surface area (Å²) in [6.45, 7) is 2.89. The zero-order chi connectivity index (χ0) is 19.1. The first-order chi connectivity index (χ1) is 13.2. The highest BCUT2D eigenvalue weighted by molar-refractivity contribution is 7.99. The van der Waals surface area contributed by atoms with Crippen LogP contribution in [0.25, 0.3) is 0 Å². The molecule has 1 saturated heterocycles. The van der Waals surface area contributed by atoms with E-state index in [2.05, 4.69) is 5.32 Å². The summed E-state index contributed by atoms with van der Waals surface area (Å²) < 4.78 is 10.7. The second-order valence-corrected chi connectivity index (χ2v) is 7.26. The van der Waals surface area contributed by atoms with E-state index in [0.717, 1.165) is 30.1 Å². The summed E-state index contributed by atoms with van der Waals surface area (Å²) in [5.74, 6) is 0.232. The molecule has 27 heavy (non-hydrogen) atoms. The van der Waals surface area contributed by atoms with Crippen molar-refractivity contribution < 1.29 is 19.1 Å². The average Bonchev–Trinajstić information content (AvgIpc) is 3.20. The van der Waals surface area contributed by atoms with Gasteiger partial charge in [-0.25, -0.2) is 4.79 Å². The van der Waals surface area contributed by atoms with Gasteiger partial charge in [0.15, 0.2) is 0 Å². The van der Waals surface area contributed by atoms with Gasteiger partial charge in [-0.15, -0.1) is 11.8 Å². The van der Waals surface area contributed by atoms with Gasteiger partial charge in [-0.2, -0.15) is 0 Å². The van der Waals surface area contributed by atoms with Crippen LogP contribution in [0.5, 0.6) is 0 Å². The van der Waals surface area contributed by atoms with E-state index in [1.807, 2.05) is 24.3 Å². The normalized spacial score (nSPS) is 16.1. The summed E-state index contributed by atoms with van der Waals surface area (Å²) >= 11 is 1.64. The number of hydrogen-bond donors (Lipinski definition) is 1. The van der Waals surface area contributed by atoms with Crippen LogP contribution >= 0.6 is 11.8 Å². The van der Waals surface area contributed by atoms with Crippen LogP contribution in [-0.4, -0.2) is 36.9 Å². The number of rotatable bonds is 7. The van der Waals surface area contributed by atoms with Crippen molar-refractivity contribution in [1.29, 1.82) is 0 Å². The lowest BCUT2D eigenvalue weighted by molar-refractivity contribution is 0.0526. The Labute approximate surface area is 163 Å². The van der Waals surface area contributed by atoms with E-state index in [9.17, 15) is 9.59 Å². The molecule has 3 rings (SSSR count). The van der Waals surface area contributed by atoms with Crippen LogP contribution in [0.15, 0.2) is 53.4 Å². The van der Waals surface area contributed by atoms with Gasteiger partial charge in [-0.3, -0.25) is 4.79 Å². The Hall–Kier alpha value is -2.31. The Balaban J connectivity index is 1.69. The van der Waals surface area contributed by atoms with Gasteiger partial charge >= 0.3 is 5.97 Å². The monoisotopic (exact) mass is 385 g/mol. The summed E-state index contributed by atoms with van der Waals surface area (Å²) in [5.41, 5.74) is 1.59. The number of benzene rings is 2. The summed E-state index contributed by atoms with van der Waals surface area (Å²) in [7, 11) is 0. The van der Waals surface area contributed by atoms with Crippen molar-refractivity contribution in [2.45, 2.75) is 30.8 Å². The molecule has 6 heteroatoms. The summed E-state index contributed by atoms with van der Waals surface area (Å²) in [5, 5.41) is 2.87. The van der Waals surface area contributed by atoms with E-state index >= 15 is 0 Å². The molecule has 0 spiro atoms. The van der Waals surface area contributed by atoms with Gasteiger partial charge in [0.05, 0.1) is 23.8 Å². The van der Waals surface area contributed by atoms with Crippen molar-refractivity contribution in [2.75, 3.05) is 24.3 Å². The SMILES string of the molecule is CCOC(=O)c1cccc(NC(=O)c2ccccc2SCC2CCCO2)c1. The maximum Gasteiger partial charge on any atom is 0.338 e. The number of ether oxygens (including phenoxy) is 2. The van der Waals surface area contributed by atoms with E-state index in [1.165, 1.54) is 0 Å². The molecule has 0 bridgehead atoms. The van der Waals surface area contributed by atoms with Gasteiger partial charge in [-0.1, -0.05) is 18.2 Å². The molecule has 1 atom stereocenters. The molecule has 1 aliphatic rings. The average molecular weight is 385 g/mol. The molecule has 1 heterocycles. The fraction of sp³-hybridized carbons (Fsp3) is 0.333. The van der Waals surface area contributed by atoms with Crippen molar-refractivity contribution in [3.05, 3.63) is 59.7 Å². The third kappa shape index (κ3) is 5.34. The second-order valence-electron chi connectivity index (χ2n) is 6.20. The smallest absolute Gasteiger partial charge is 0.338 e. The minimum atomic E-state index is -0.402. The highest BCUT2D eigenvalue weighted by Crippen LogP contribution is 2.27. The highest BCUT2D eigenvalue weighted by Gasteiger charge is 2.18. The first kappa shape index (κ1) is 19.5. The van der Waals surface area contributed by atoms with E-state index in [1.54, 1.807) is 43.0 Å². The first-order valence-electron chi connectivity index (χ1n) is 9.09. The predicted molar refractivity (Wildman–Crippen MR) is 106 cm³/mol. The summed E-state index contributed by atoms with van der Waals surface area (Å²) in [6.07, 6.45) is 2.43.